The number of amides is 1. The van der Waals surface area contributed by atoms with Crippen LogP contribution in [-0.4, -0.2) is 25.5 Å². The van der Waals surface area contributed by atoms with Gasteiger partial charge >= 0.3 is 5.97 Å². The van der Waals surface area contributed by atoms with E-state index in [1.165, 1.54) is 13.2 Å². The maximum atomic E-state index is 11.6. The van der Waals surface area contributed by atoms with Crippen LogP contribution in [0, 0.1) is 0 Å². The van der Waals surface area contributed by atoms with Gasteiger partial charge in [0.1, 0.15) is 12.4 Å². The molecule has 0 aliphatic rings. The fourth-order valence-electron chi connectivity index (χ4n) is 2.04. The predicted octanol–water partition coefficient (Wildman–Crippen LogP) is 2.96. The van der Waals surface area contributed by atoms with Gasteiger partial charge in [0, 0.05) is 12.6 Å². The second-order valence-electron chi connectivity index (χ2n) is 5.29. The zero-order chi connectivity index (χ0) is 17.9. The van der Waals surface area contributed by atoms with E-state index in [-0.39, 0.29) is 24.8 Å². The lowest BCUT2D eigenvalue weighted by molar-refractivity contribution is -0.140. The van der Waals surface area contributed by atoms with E-state index in [2.05, 4.69) is 10.1 Å². The zero-order valence-electron chi connectivity index (χ0n) is 14.1. The molecule has 2 aromatic carbocycles. The molecule has 0 radical (unpaired) electrons. The molecule has 0 bridgehead atoms. The van der Waals surface area contributed by atoms with E-state index in [1.54, 1.807) is 6.08 Å². The topological polar surface area (TPSA) is 64.6 Å². The number of benzene rings is 2. The molecule has 0 saturated carbocycles. The van der Waals surface area contributed by atoms with E-state index < -0.39 is 0 Å². The molecular weight excluding hydrogens is 318 g/mol. The van der Waals surface area contributed by atoms with Crippen LogP contribution in [0.4, 0.5) is 0 Å². The Hall–Kier alpha value is -3.08. The number of hydrogen-bond acceptors (Lipinski definition) is 4. The largest absolute Gasteiger partial charge is 0.489 e. The highest BCUT2D eigenvalue weighted by Gasteiger charge is 2.01. The quantitative estimate of drug-likeness (QED) is 0.593. The number of esters is 1. The third kappa shape index (κ3) is 6.91. The molecule has 0 aliphatic heterocycles. The average Bonchev–Trinajstić information content (AvgIpc) is 2.66. The number of hydrogen-bond donors (Lipinski definition) is 1. The first-order valence-electron chi connectivity index (χ1n) is 7.97. The van der Waals surface area contributed by atoms with Crippen molar-refractivity contribution in [1.82, 2.24) is 5.32 Å². The van der Waals surface area contributed by atoms with Crippen molar-refractivity contribution in [2.45, 2.75) is 13.0 Å². The molecule has 5 nitrogen and oxygen atoms in total. The molecule has 0 aliphatic carbocycles. The van der Waals surface area contributed by atoms with Gasteiger partial charge in [0.2, 0.25) is 5.91 Å². The van der Waals surface area contributed by atoms with Gasteiger partial charge in [-0.1, -0.05) is 42.5 Å². The molecule has 5 heteroatoms. The Labute approximate surface area is 147 Å². The first kappa shape index (κ1) is 18.3. The van der Waals surface area contributed by atoms with Crippen LogP contribution in [0.2, 0.25) is 0 Å². The molecule has 0 saturated heterocycles. The van der Waals surface area contributed by atoms with Gasteiger partial charge in [0.15, 0.2) is 0 Å². The van der Waals surface area contributed by atoms with Crippen molar-refractivity contribution >= 4 is 18.0 Å². The summed E-state index contributed by atoms with van der Waals surface area (Å²) in [6, 6.07) is 17.4. The van der Waals surface area contributed by atoms with Crippen LogP contribution in [0.3, 0.4) is 0 Å². The third-order valence-corrected chi connectivity index (χ3v) is 3.41. The monoisotopic (exact) mass is 339 g/mol. The molecule has 1 amide bonds. The van der Waals surface area contributed by atoms with Gasteiger partial charge < -0.3 is 14.8 Å². The van der Waals surface area contributed by atoms with Crippen molar-refractivity contribution in [2.24, 2.45) is 0 Å². The Kier molecular flexibility index (Phi) is 7.25. The van der Waals surface area contributed by atoms with E-state index in [1.807, 2.05) is 54.6 Å². The summed E-state index contributed by atoms with van der Waals surface area (Å²) in [6.07, 6.45) is 3.29. The van der Waals surface area contributed by atoms with Gasteiger partial charge in [0.25, 0.3) is 0 Å². The molecule has 0 aromatic heterocycles. The molecule has 1 N–H and O–H groups in total. The minimum Gasteiger partial charge on any atom is -0.489 e. The highest BCUT2D eigenvalue weighted by molar-refractivity contribution is 5.91. The van der Waals surface area contributed by atoms with Crippen molar-refractivity contribution in [3.63, 3.8) is 0 Å². The van der Waals surface area contributed by atoms with E-state index in [0.717, 1.165) is 16.9 Å². The molecule has 0 unspecified atom stereocenters. The molecule has 0 spiro atoms. The van der Waals surface area contributed by atoms with E-state index in [0.29, 0.717) is 6.61 Å². The Morgan fingerprint density at radius 3 is 2.44 bits per heavy atom. The van der Waals surface area contributed by atoms with Crippen LogP contribution in [-0.2, 0) is 20.9 Å². The van der Waals surface area contributed by atoms with Gasteiger partial charge in [-0.05, 0) is 29.3 Å². The Morgan fingerprint density at radius 1 is 1.04 bits per heavy atom. The van der Waals surface area contributed by atoms with Gasteiger partial charge in [-0.3, -0.25) is 9.59 Å². The first-order valence-corrected chi connectivity index (χ1v) is 7.97. The minimum absolute atomic E-state index is 0.156. The average molecular weight is 339 g/mol. The first-order chi connectivity index (χ1) is 12.2. The smallest absolute Gasteiger partial charge is 0.307 e. The molecule has 0 heterocycles. The van der Waals surface area contributed by atoms with Crippen LogP contribution in [0.1, 0.15) is 17.5 Å². The van der Waals surface area contributed by atoms with E-state index in [4.69, 9.17) is 4.74 Å². The Morgan fingerprint density at radius 2 is 1.76 bits per heavy atom. The van der Waals surface area contributed by atoms with E-state index in [9.17, 15) is 9.59 Å². The fraction of sp³-hybridized carbons (Fsp3) is 0.200. The van der Waals surface area contributed by atoms with Crippen molar-refractivity contribution in [1.29, 1.82) is 0 Å². The maximum Gasteiger partial charge on any atom is 0.307 e. The summed E-state index contributed by atoms with van der Waals surface area (Å²) in [5.41, 5.74) is 1.99. The highest BCUT2D eigenvalue weighted by atomic mass is 16.5. The molecule has 2 rings (SSSR count). The normalized spacial score (nSPS) is 10.4. The summed E-state index contributed by atoms with van der Waals surface area (Å²) < 4.78 is 10.2. The Bertz CT molecular complexity index is 708. The number of methoxy groups -OCH3 is 1. The van der Waals surface area contributed by atoms with Gasteiger partial charge in [-0.25, -0.2) is 0 Å². The second-order valence-corrected chi connectivity index (χ2v) is 5.29. The van der Waals surface area contributed by atoms with Crippen LogP contribution < -0.4 is 10.1 Å². The van der Waals surface area contributed by atoms with Crippen LogP contribution in [0.25, 0.3) is 6.08 Å². The fourth-order valence-corrected chi connectivity index (χ4v) is 2.04. The minimum atomic E-state index is -0.352. The standard InChI is InChI=1S/C20H21NO4/c1-24-20(23)13-14-21-19(22)12-9-16-7-10-18(11-8-16)25-15-17-5-3-2-4-6-17/h2-12H,13-15H2,1H3,(H,21,22)/b12-9+. The second kappa shape index (κ2) is 9.93. The highest BCUT2D eigenvalue weighted by Crippen LogP contribution is 2.15. The third-order valence-electron chi connectivity index (χ3n) is 3.41. The number of nitrogens with one attached hydrogen (secondary N) is 1. The van der Waals surface area contributed by atoms with Crippen molar-refractivity contribution in [2.75, 3.05) is 13.7 Å². The van der Waals surface area contributed by atoms with Crippen molar-refractivity contribution < 1.29 is 19.1 Å². The van der Waals surface area contributed by atoms with Gasteiger partial charge in [0.05, 0.1) is 13.5 Å². The van der Waals surface area contributed by atoms with Crippen LogP contribution >= 0.6 is 0 Å². The molecular formula is C20H21NO4. The SMILES string of the molecule is COC(=O)CCNC(=O)/C=C/c1ccc(OCc2ccccc2)cc1. The van der Waals surface area contributed by atoms with Gasteiger partial charge in [-0.2, -0.15) is 0 Å². The van der Waals surface area contributed by atoms with Crippen LogP contribution in [0.5, 0.6) is 5.75 Å². The lowest BCUT2D eigenvalue weighted by Gasteiger charge is -2.06. The molecule has 130 valence electrons. The van der Waals surface area contributed by atoms with Crippen molar-refractivity contribution in [3.05, 3.63) is 71.8 Å². The maximum absolute atomic E-state index is 11.6. The molecule has 0 atom stereocenters. The summed E-state index contributed by atoms with van der Waals surface area (Å²) in [4.78, 5) is 22.6. The number of rotatable bonds is 8. The molecule has 0 fully saturated rings. The van der Waals surface area contributed by atoms with Crippen LogP contribution in [0.15, 0.2) is 60.7 Å². The summed E-state index contributed by atoms with van der Waals surface area (Å²) in [7, 11) is 1.32. The lowest BCUT2D eigenvalue weighted by atomic mass is 10.2. The van der Waals surface area contributed by atoms with Crippen molar-refractivity contribution in [3.8, 4) is 5.75 Å². The summed E-state index contributed by atoms with van der Waals surface area (Å²) in [5, 5.41) is 2.62. The zero-order valence-corrected chi connectivity index (χ0v) is 14.1. The summed E-state index contributed by atoms with van der Waals surface area (Å²) in [6.45, 7) is 0.765. The predicted molar refractivity (Wildman–Crippen MR) is 95.9 cm³/mol. The summed E-state index contributed by atoms with van der Waals surface area (Å²) >= 11 is 0. The molecule has 25 heavy (non-hydrogen) atoms. The summed E-state index contributed by atoms with van der Waals surface area (Å²) in [5.74, 6) is 0.159. The molecule has 2 aromatic rings. The Balaban J connectivity index is 1.77. The number of ether oxygens (including phenoxy) is 2. The number of carbonyl (C=O) groups excluding carboxylic acids is 2. The van der Waals surface area contributed by atoms with Gasteiger partial charge in [-0.15, -0.1) is 0 Å². The van der Waals surface area contributed by atoms with E-state index >= 15 is 0 Å². The lowest BCUT2D eigenvalue weighted by Crippen LogP contribution is -2.24. The number of carbonyl (C=O) groups is 2.